The van der Waals surface area contributed by atoms with E-state index in [1.165, 1.54) is 0 Å². The zero-order chi connectivity index (χ0) is 9.30. The van der Waals surface area contributed by atoms with Crippen molar-refractivity contribution in [3.8, 4) is 11.5 Å². The number of nitrogens with two attached hydrogens (primary N) is 1. The third kappa shape index (κ3) is 1.22. The first-order valence-corrected chi connectivity index (χ1v) is 2.98. The fourth-order valence-corrected chi connectivity index (χ4v) is 0.728. The van der Waals surface area contributed by atoms with Gasteiger partial charge in [-0.2, -0.15) is 0 Å². The maximum absolute atomic E-state index is 10.2. The predicted octanol–water partition coefficient (Wildman–Crippen LogP) is 0.588. The molecular formula is C6H6N2O4. The zero-order valence-corrected chi connectivity index (χ0v) is 5.89. The number of nitro benzene ring substituents is 1. The van der Waals surface area contributed by atoms with Crippen molar-refractivity contribution in [1.82, 2.24) is 0 Å². The number of nitrogen functional groups attached to an aromatic ring is 1. The smallest absolute Gasteiger partial charge is 0.314 e. The Morgan fingerprint density at radius 2 is 1.92 bits per heavy atom. The number of hydrogen-bond donors (Lipinski definition) is 3. The molecule has 12 heavy (non-hydrogen) atoms. The number of rotatable bonds is 1. The molecule has 1 rings (SSSR count). The second kappa shape index (κ2) is 2.57. The van der Waals surface area contributed by atoms with E-state index in [2.05, 4.69) is 0 Å². The van der Waals surface area contributed by atoms with Gasteiger partial charge in [0.05, 0.1) is 16.7 Å². The molecule has 0 aliphatic rings. The lowest BCUT2D eigenvalue weighted by molar-refractivity contribution is -0.385. The number of nitrogens with zero attached hydrogens (tertiary/aromatic N) is 1. The Morgan fingerprint density at radius 1 is 1.33 bits per heavy atom. The van der Waals surface area contributed by atoms with Crippen LogP contribution in [0.3, 0.4) is 0 Å². The molecule has 0 unspecified atom stereocenters. The van der Waals surface area contributed by atoms with Crippen LogP contribution in [0.5, 0.6) is 11.5 Å². The molecule has 0 saturated carbocycles. The highest BCUT2D eigenvalue weighted by Gasteiger charge is 2.15. The fraction of sp³-hybridized carbons (Fsp3) is 0. The topological polar surface area (TPSA) is 110 Å². The van der Waals surface area contributed by atoms with Gasteiger partial charge in [-0.3, -0.25) is 10.1 Å². The Balaban J connectivity index is 3.33. The first-order chi connectivity index (χ1) is 5.52. The van der Waals surface area contributed by atoms with Gasteiger partial charge >= 0.3 is 5.69 Å². The zero-order valence-electron chi connectivity index (χ0n) is 5.89. The second-order valence-corrected chi connectivity index (χ2v) is 2.16. The summed E-state index contributed by atoms with van der Waals surface area (Å²) in [6.07, 6.45) is 0. The molecule has 0 bridgehead atoms. The van der Waals surface area contributed by atoms with Crippen molar-refractivity contribution < 1.29 is 15.1 Å². The van der Waals surface area contributed by atoms with Crippen LogP contribution in [0.15, 0.2) is 12.1 Å². The van der Waals surface area contributed by atoms with Crippen LogP contribution in [0.4, 0.5) is 11.4 Å². The molecule has 4 N–H and O–H groups in total. The van der Waals surface area contributed by atoms with Gasteiger partial charge < -0.3 is 15.9 Å². The minimum atomic E-state index is -0.811. The number of anilines is 1. The van der Waals surface area contributed by atoms with Crippen molar-refractivity contribution in [3.63, 3.8) is 0 Å². The molecular weight excluding hydrogens is 164 g/mol. The van der Waals surface area contributed by atoms with Crippen molar-refractivity contribution in [1.29, 1.82) is 0 Å². The summed E-state index contributed by atoms with van der Waals surface area (Å²) in [4.78, 5) is 9.37. The average molecular weight is 170 g/mol. The first-order valence-electron chi connectivity index (χ1n) is 2.98. The van der Waals surface area contributed by atoms with Crippen LogP contribution in [-0.2, 0) is 0 Å². The molecule has 0 radical (unpaired) electrons. The molecule has 6 heteroatoms. The number of hydrogen-bond acceptors (Lipinski definition) is 5. The molecule has 6 nitrogen and oxygen atoms in total. The van der Waals surface area contributed by atoms with E-state index in [-0.39, 0.29) is 5.69 Å². The predicted molar refractivity (Wildman–Crippen MR) is 40.8 cm³/mol. The molecule has 0 amide bonds. The van der Waals surface area contributed by atoms with E-state index in [0.29, 0.717) is 0 Å². The van der Waals surface area contributed by atoms with Crippen LogP contribution >= 0.6 is 0 Å². The largest absolute Gasteiger partial charge is 0.506 e. The van der Waals surface area contributed by atoms with E-state index in [1.807, 2.05) is 0 Å². The number of phenolic OH excluding ortho intramolecular Hbond substituents is 2. The molecule has 0 spiro atoms. The Kier molecular flexibility index (Phi) is 1.74. The van der Waals surface area contributed by atoms with Crippen molar-refractivity contribution in [2.75, 3.05) is 5.73 Å². The van der Waals surface area contributed by atoms with Crippen molar-refractivity contribution in [2.45, 2.75) is 0 Å². The third-order valence-corrected chi connectivity index (χ3v) is 1.32. The molecule has 1 aromatic carbocycles. The first kappa shape index (κ1) is 8.12. The molecule has 0 aliphatic heterocycles. The van der Waals surface area contributed by atoms with E-state index in [9.17, 15) is 10.1 Å². The maximum atomic E-state index is 10.2. The van der Waals surface area contributed by atoms with E-state index in [1.54, 1.807) is 0 Å². The quantitative estimate of drug-likeness (QED) is 0.188. The SMILES string of the molecule is Nc1cc(O)c([N+](=O)[O-])cc1O. The van der Waals surface area contributed by atoms with E-state index < -0.39 is 22.1 Å². The highest BCUT2D eigenvalue weighted by Crippen LogP contribution is 2.33. The number of nitro groups is 1. The van der Waals surface area contributed by atoms with Gasteiger partial charge in [0.1, 0.15) is 5.75 Å². The summed E-state index contributed by atoms with van der Waals surface area (Å²) in [6.45, 7) is 0. The van der Waals surface area contributed by atoms with Crippen molar-refractivity contribution in [3.05, 3.63) is 22.2 Å². The minimum absolute atomic E-state index is 0.0990. The second-order valence-electron chi connectivity index (χ2n) is 2.16. The average Bonchev–Trinajstić information content (AvgIpc) is 1.96. The van der Waals surface area contributed by atoms with Gasteiger partial charge in [-0.15, -0.1) is 0 Å². The van der Waals surface area contributed by atoms with Crippen LogP contribution in [0.2, 0.25) is 0 Å². The van der Waals surface area contributed by atoms with Crippen LogP contribution in [0.1, 0.15) is 0 Å². The summed E-state index contributed by atoms with van der Waals surface area (Å²) in [5, 5.41) is 28.1. The summed E-state index contributed by atoms with van der Waals surface area (Å²) < 4.78 is 0. The van der Waals surface area contributed by atoms with Crippen LogP contribution in [0.25, 0.3) is 0 Å². The van der Waals surface area contributed by atoms with Gasteiger partial charge in [0.2, 0.25) is 0 Å². The lowest BCUT2D eigenvalue weighted by Gasteiger charge is -1.99. The molecule has 64 valence electrons. The maximum Gasteiger partial charge on any atom is 0.314 e. The van der Waals surface area contributed by atoms with E-state index in [4.69, 9.17) is 15.9 Å². The van der Waals surface area contributed by atoms with E-state index in [0.717, 1.165) is 12.1 Å². The van der Waals surface area contributed by atoms with Gasteiger partial charge in [0, 0.05) is 6.07 Å². The monoisotopic (exact) mass is 170 g/mol. The molecule has 0 aliphatic carbocycles. The lowest BCUT2D eigenvalue weighted by Crippen LogP contribution is -1.91. The summed E-state index contributed by atoms with van der Waals surface area (Å²) in [5.41, 5.74) is 4.49. The summed E-state index contributed by atoms with van der Waals surface area (Å²) in [5.74, 6) is -0.977. The lowest BCUT2D eigenvalue weighted by atomic mass is 10.2. The third-order valence-electron chi connectivity index (χ3n) is 1.32. The van der Waals surface area contributed by atoms with Gasteiger partial charge in [-0.1, -0.05) is 0 Å². The van der Waals surface area contributed by atoms with Crippen LogP contribution < -0.4 is 5.73 Å². The highest BCUT2D eigenvalue weighted by atomic mass is 16.6. The Bertz CT molecular complexity index is 337. The van der Waals surface area contributed by atoms with E-state index >= 15 is 0 Å². The minimum Gasteiger partial charge on any atom is -0.506 e. The highest BCUT2D eigenvalue weighted by molar-refractivity contribution is 5.63. The Morgan fingerprint density at radius 3 is 2.42 bits per heavy atom. The van der Waals surface area contributed by atoms with Crippen molar-refractivity contribution >= 4 is 11.4 Å². The number of aromatic hydroxyl groups is 2. The molecule has 1 aromatic rings. The fourth-order valence-electron chi connectivity index (χ4n) is 0.728. The van der Waals surface area contributed by atoms with Gasteiger partial charge in [0.25, 0.3) is 0 Å². The summed E-state index contributed by atoms with van der Waals surface area (Å²) in [6, 6.07) is 1.72. The van der Waals surface area contributed by atoms with Gasteiger partial charge in [-0.05, 0) is 0 Å². The summed E-state index contributed by atoms with van der Waals surface area (Å²) in [7, 11) is 0. The Hall–Kier alpha value is -1.98. The van der Waals surface area contributed by atoms with Crippen molar-refractivity contribution in [2.24, 2.45) is 0 Å². The molecule has 0 aromatic heterocycles. The normalized spacial score (nSPS) is 9.67. The molecule has 0 atom stereocenters. The molecule has 0 heterocycles. The van der Waals surface area contributed by atoms with Crippen LogP contribution in [0, 0.1) is 10.1 Å². The summed E-state index contributed by atoms with van der Waals surface area (Å²) >= 11 is 0. The Labute approximate surface area is 67.0 Å². The number of benzene rings is 1. The molecule has 0 saturated heterocycles. The number of phenols is 2. The molecule has 0 fully saturated rings. The van der Waals surface area contributed by atoms with Crippen LogP contribution in [-0.4, -0.2) is 15.1 Å². The van der Waals surface area contributed by atoms with Gasteiger partial charge in [0.15, 0.2) is 5.75 Å². The van der Waals surface area contributed by atoms with Gasteiger partial charge in [-0.25, -0.2) is 0 Å². The standard InChI is InChI=1S/C6H6N2O4/c7-3-1-6(10)4(8(11)12)2-5(3)9/h1-2,9-10H,7H2.